The number of aliphatic hydroxyl groups excluding tert-OH is 1. The molecule has 2 heterocycles. The minimum absolute atomic E-state index is 0.0252. The number of nitrogens with one attached hydrogen (secondary N) is 1. The number of aromatic nitrogens is 5. The molecule has 3 atom stereocenters. The number of carbonyl (C=O) groups is 1. The molecule has 1 unspecified atom stereocenters. The topological polar surface area (TPSA) is 115 Å². The van der Waals surface area contributed by atoms with Gasteiger partial charge in [-0.15, -0.1) is 5.10 Å². The molecule has 2 aromatic rings. The van der Waals surface area contributed by atoms with E-state index < -0.39 is 16.6 Å². The zero-order valence-corrected chi connectivity index (χ0v) is 25.7. The van der Waals surface area contributed by atoms with Crippen LogP contribution in [0.2, 0.25) is 32.2 Å². The second-order valence-corrected chi connectivity index (χ2v) is 21.9. The summed E-state index contributed by atoms with van der Waals surface area (Å²) in [5.74, 6) is 1.85. The Bertz CT molecular complexity index is 1070. The predicted octanol–water partition coefficient (Wildman–Crippen LogP) is 3.43. The summed E-state index contributed by atoms with van der Waals surface area (Å²) in [6, 6.07) is 1.04. The van der Waals surface area contributed by atoms with Gasteiger partial charge in [0.1, 0.15) is 0 Å². The van der Waals surface area contributed by atoms with Gasteiger partial charge in [0.15, 0.2) is 21.8 Å². The number of rotatable bonds is 12. The standard InChI is InChI=1S/C25H42N6O3SSi2/c1-18(33)26-11-6-12-36(2,3)34-37(4,5)17-35-25-27-13-19(14-28-25)15-31-24-10-8-21-20(22(21)16-32)7-9-23(24)29-30-31/h13-14,20-22,32H,6-12,15-17H2,1-5H3,(H,26,33)/t20-,21?,22-/m0/s1. The quantitative estimate of drug-likeness (QED) is 0.175. The van der Waals surface area contributed by atoms with Crippen LogP contribution in [0.5, 0.6) is 0 Å². The first kappa shape index (κ1) is 28.4. The van der Waals surface area contributed by atoms with E-state index in [1.165, 1.54) is 5.69 Å². The van der Waals surface area contributed by atoms with Crippen molar-refractivity contribution in [1.82, 2.24) is 30.3 Å². The van der Waals surface area contributed by atoms with Gasteiger partial charge >= 0.3 is 0 Å². The van der Waals surface area contributed by atoms with E-state index in [1.54, 1.807) is 18.7 Å². The number of carbonyl (C=O) groups excluding carboxylic acids is 1. The number of hydrogen-bond donors (Lipinski definition) is 2. The van der Waals surface area contributed by atoms with Crippen molar-refractivity contribution in [1.29, 1.82) is 0 Å². The average Bonchev–Trinajstić information content (AvgIpc) is 3.36. The molecule has 2 aliphatic rings. The number of nitrogens with zero attached hydrogens (tertiary/aromatic N) is 5. The molecule has 2 N–H and O–H groups in total. The van der Waals surface area contributed by atoms with E-state index in [4.69, 9.17) is 4.12 Å². The summed E-state index contributed by atoms with van der Waals surface area (Å²) < 4.78 is 8.71. The van der Waals surface area contributed by atoms with Gasteiger partial charge in [0, 0.05) is 43.4 Å². The molecule has 0 saturated heterocycles. The second-order valence-electron chi connectivity index (χ2n) is 11.8. The fraction of sp³-hybridized carbons (Fsp3) is 0.720. The van der Waals surface area contributed by atoms with Gasteiger partial charge in [-0.2, -0.15) is 0 Å². The van der Waals surface area contributed by atoms with Gasteiger partial charge < -0.3 is 14.5 Å². The van der Waals surface area contributed by atoms with Gasteiger partial charge in [-0.05, 0) is 82.1 Å². The van der Waals surface area contributed by atoms with E-state index >= 15 is 0 Å². The Morgan fingerprint density at radius 1 is 1.16 bits per heavy atom. The molecule has 1 fully saturated rings. The molecule has 0 spiro atoms. The summed E-state index contributed by atoms with van der Waals surface area (Å²) in [6.45, 7) is 12.3. The molecule has 0 bridgehead atoms. The summed E-state index contributed by atoms with van der Waals surface area (Å²) >= 11 is 1.68. The first-order valence-corrected chi connectivity index (χ1v) is 20.7. The van der Waals surface area contributed by atoms with Crippen LogP contribution in [0.15, 0.2) is 17.6 Å². The van der Waals surface area contributed by atoms with Gasteiger partial charge in [0.05, 0.1) is 17.9 Å². The number of fused-ring (bicyclic) bond motifs is 2. The van der Waals surface area contributed by atoms with E-state index in [1.807, 2.05) is 17.1 Å². The molecule has 0 radical (unpaired) electrons. The molecule has 12 heteroatoms. The lowest BCUT2D eigenvalue weighted by Gasteiger charge is -2.33. The molecule has 204 valence electrons. The lowest BCUT2D eigenvalue weighted by atomic mass is 10.0. The van der Waals surface area contributed by atoms with Crippen molar-refractivity contribution in [3.05, 3.63) is 29.3 Å². The Hall–Kier alpha value is -1.61. The minimum Gasteiger partial charge on any atom is -0.455 e. The van der Waals surface area contributed by atoms with Crippen LogP contribution in [0.1, 0.15) is 43.1 Å². The van der Waals surface area contributed by atoms with Gasteiger partial charge in [0.2, 0.25) is 5.91 Å². The molecular formula is C25H42N6O3SSi2. The average molecular weight is 563 g/mol. The zero-order chi connectivity index (χ0) is 26.6. The van der Waals surface area contributed by atoms with E-state index in [2.05, 4.69) is 51.8 Å². The largest absolute Gasteiger partial charge is 0.455 e. The van der Waals surface area contributed by atoms with Crippen LogP contribution in [-0.4, -0.2) is 71.1 Å². The van der Waals surface area contributed by atoms with Crippen LogP contribution in [0.4, 0.5) is 0 Å². The summed E-state index contributed by atoms with van der Waals surface area (Å²) in [7, 11) is -3.68. The summed E-state index contributed by atoms with van der Waals surface area (Å²) in [4.78, 5) is 20.3. The Morgan fingerprint density at radius 3 is 2.54 bits per heavy atom. The van der Waals surface area contributed by atoms with Gasteiger partial charge in [-0.3, -0.25) is 4.79 Å². The van der Waals surface area contributed by atoms with E-state index in [0.29, 0.717) is 37.5 Å². The van der Waals surface area contributed by atoms with Gasteiger partial charge in [0.25, 0.3) is 0 Å². The first-order chi connectivity index (χ1) is 17.6. The fourth-order valence-electron chi connectivity index (χ4n) is 5.74. The highest BCUT2D eigenvalue weighted by Gasteiger charge is 2.49. The van der Waals surface area contributed by atoms with Crippen molar-refractivity contribution in [3.63, 3.8) is 0 Å². The molecule has 1 saturated carbocycles. The molecule has 4 rings (SSSR count). The lowest BCUT2D eigenvalue weighted by Crippen LogP contribution is -2.46. The number of thioether (sulfide) groups is 1. The molecule has 1 amide bonds. The molecule has 37 heavy (non-hydrogen) atoms. The molecule has 9 nitrogen and oxygen atoms in total. The third-order valence-corrected chi connectivity index (χ3v) is 17.3. The Kier molecular flexibility index (Phi) is 9.26. The van der Waals surface area contributed by atoms with E-state index in [9.17, 15) is 9.90 Å². The zero-order valence-electron chi connectivity index (χ0n) is 22.9. The van der Waals surface area contributed by atoms with E-state index in [0.717, 1.165) is 59.9 Å². The predicted molar refractivity (Wildman–Crippen MR) is 150 cm³/mol. The number of aliphatic hydroxyl groups is 1. The third kappa shape index (κ3) is 7.95. The van der Waals surface area contributed by atoms with Crippen molar-refractivity contribution >= 4 is 34.3 Å². The third-order valence-electron chi connectivity index (χ3n) is 7.51. The second kappa shape index (κ2) is 12.1. The van der Waals surface area contributed by atoms with Crippen LogP contribution in [0.3, 0.4) is 0 Å². The van der Waals surface area contributed by atoms with Crippen LogP contribution in [0, 0.1) is 17.8 Å². The van der Waals surface area contributed by atoms with Crippen molar-refractivity contribution in [2.45, 2.75) is 83.0 Å². The number of hydrogen-bond acceptors (Lipinski definition) is 8. The van der Waals surface area contributed by atoms with Gasteiger partial charge in [-0.1, -0.05) is 17.0 Å². The Balaban J connectivity index is 1.26. The monoisotopic (exact) mass is 562 g/mol. The minimum atomic E-state index is -1.89. The lowest BCUT2D eigenvalue weighted by molar-refractivity contribution is -0.118. The molecule has 0 aliphatic heterocycles. The van der Waals surface area contributed by atoms with Gasteiger partial charge in [-0.25, -0.2) is 14.6 Å². The molecular weight excluding hydrogens is 521 g/mol. The van der Waals surface area contributed by atoms with Crippen molar-refractivity contribution in [2.24, 2.45) is 17.8 Å². The van der Waals surface area contributed by atoms with Crippen LogP contribution in [-0.2, 0) is 28.3 Å². The Labute approximate surface area is 226 Å². The highest BCUT2D eigenvalue weighted by Crippen LogP contribution is 2.52. The summed E-state index contributed by atoms with van der Waals surface area (Å²) in [5.41, 5.74) is 3.37. The van der Waals surface area contributed by atoms with Crippen LogP contribution < -0.4 is 5.32 Å². The maximum atomic E-state index is 11.1. The normalized spacial score (nSPS) is 21.5. The summed E-state index contributed by atoms with van der Waals surface area (Å²) in [5, 5.41) is 23.1. The molecule has 2 aliphatic carbocycles. The smallest absolute Gasteiger partial charge is 0.216 e. The highest BCUT2D eigenvalue weighted by molar-refractivity contribution is 8.00. The molecule has 2 aromatic heterocycles. The fourth-order valence-corrected chi connectivity index (χ4v) is 16.1. The van der Waals surface area contributed by atoms with E-state index in [-0.39, 0.29) is 5.91 Å². The van der Waals surface area contributed by atoms with Crippen molar-refractivity contribution in [2.75, 3.05) is 18.5 Å². The first-order valence-electron chi connectivity index (χ1n) is 13.5. The van der Waals surface area contributed by atoms with Crippen molar-refractivity contribution < 1.29 is 14.0 Å². The van der Waals surface area contributed by atoms with Crippen LogP contribution >= 0.6 is 11.8 Å². The maximum Gasteiger partial charge on any atom is 0.216 e. The number of amides is 1. The Morgan fingerprint density at radius 2 is 1.86 bits per heavy atom. The highest BCUT2D eigenvalue weighted by atomic mass is 32.2. The summed E-state index contributed by atoms with van der Waals surface area (Å²) in [6.07, 6.45) is 8.91. The van der Waals surface area contributed by atoms with Crippen LogP contribution in [0.25, 0.3) is 0 Å². The molecule has 0 aromatic carbocycles. The maximum absolute atomic E-state index is 11.1. The SMILES string of the molecule is CC(=O)NCCC[Si](C)(C)O[Si](C)(C)CSc1ncc(Cn2nnc3c2CCC2[C@@H](CO)[C@H]2CC3)cn1. The number of aryl methyl sites for hydroxylation is 1. The van der Waals surface area contributed by atoms with Crippen molar-refractivity contribution in [3.8, 4) is 0 Å².